The fourth-order valence-electron chi connectivity index (χ4n) is 3.28. The first-order valence-corrected chi connectivity index (χ1v) is 8.94. The number of rotatable bonds is 6. The maximum absolute atomic E-state index is 12.7. The molecule has 144 valence electrons. The number of nitrogens with zero attached hydrogens (tertiary/aromatic N) is 1. The molecule has 1 aliphatic rings. The Bertz CT molecular complexity index is 980. The van der Waals surface area contributed by atoms with E-state index in [-0.39, 0.29) is 30.0 Å². The summed E-state index contributed by atoms with van der Waals surface area (Å²) >= 11 is 0. The predicted octanol–water partition coefficient (Wildman–Crippen LogP) is 3.28. The van der Waals surface area contributed by atoms with Gasteiger partial charge < -0.3 is 10.1 Å². The van der Waals surface area contributed by atoms with E-state index in [9.17, 15) is 14.4 Å². The summed E-state index contributed by atoms with van der Waals surface area (Å²) in [6.07, 6.45) is 1.49. The summed E-state index contributed by atoms with van der Waals surface area (Å²) < 4.78 is 5.38. The Morgan fingerprint density at radius 2 is 1.89 bits per heavy atom. The van der Waals surface area contributed by atoms with Crippen molar-refractivity contribution in [1.82, 2.24) is 10.2 Å². The molecule has 2 aromatic rings. The quantitative estimate of drug-likeness (QED) is 0.618. The molecule has 0 saturated carbocycles. The molecule has 0 aromatic heterocycles. The molecule has 0 spiro atoms. The highest BCUT2D eigenvalue weighted by Crippen LogP contribution is 2.27. The van der Waals surface area contributed by atoms with Gasteiger partial charge in [0.25, 0.3) is 17.7 Å². The lowest BCUT2D eigenvalue weighted by molar-refractivity contribution is 0.0672. The SMILES string of the molecule is C=CCN1C(=O)c2ccc(C(=O)N[C@@H](C)c3cc(C)ccc3OC)cc2C1=O. The fourth-order valence-corrected chi connectivity index (χ4v) is 3.28. The van der Waals surface area contributed by atoms with Crippen LogP contribution < -0.4 is 10.1 Å². The second-order valence-corrected chi connectivity index (χ2v) is 6.71. The molecule has 1 heterocycles. The second-order valence-electron chi connectivity index (χ2n) is 6.71. The van der Waals surface area contributed by atoms with E-state index in [1.54, 1.807) is 13.2 Å². The van der Waals surface area contributed by atoms with Gasteiger partial charge in [0.2, 0.25) is 0 Å². The monoisotopic (exact) mass is 378 g/mol. The Balaban J connectivity index is 1.84. The van der Waals surface area contributed by atoms with Crippen molar-refractivity contribution < 1.29 is 19.1 Å². The van der Waals surface area contributed by atoms with E-state index >= 15 is 0 Å². The third-order valence-electron chi connectivity index (χ3n) is 4.74. The van der Waals surface area contributed by atoms with Crippen LogP contribution in [0.3, 0.4) is 0 Å². The summed E-state index contributed by atoms with van der Waals surface area (Å²) in [5.41, 5.74) is 2.78. The molecular formula is C22H22N2O4. The molecule has 1 N–H and O–H groups in total. The van der Waals surface area contributed by atoms with Crippen LogP contribution in [0.15, 0.2) is 49.1 Å². The lowest BCUT2D eigenvalue weighted by atomic mass is 10.0. The van der Waals surface area contributed by atoms with E-state index < -0.39 is 5.91 Å². The molecule has 0 radical (unpaired) electrons. The van der Waals surface area contributed by atoms with Crippen molar-refractivity contribution in [3.63, 3.8) is 0 Å². The van der Waals surface area contributed by atoms with Gasteiger partial charge in [-0.25, -0.2) is 0 Å². The Labute approximate surface area is 163 Å². The maximum atomic E-state index is 12.7. The smallest absolute Gasteiger partial charge is 0.261 e. The molecule has 28 heavy (non-hydrogen) atoms. The van der Waals surface area contributed by atoms with Crippen LogP contribution in [0.5, 0.6) is 5.75 Å². The molecule has 6 nitrogen and oxygen atoms in total. The van der Waals surface area contributed by atoms with Gasteiger partial charge in [0.05, 0.1) is 24.3 Å². The zero-order valence-corrected chi connectivity index (χ0v) is 16.1. The van der Waals surface area contributed by atoms with Crippen LogP contribution in [0.25, 0.3) is 0 Å². The fraction of sp³-hybridized carbons (Fsp3) is 0.227. The lowest BCUT2D eigenvalue weighted by Gasteiger charge is -2.18. The first-order valence-electron chi connectivity index (χ1n) is 8.94. The average molecular weight is 378 g/mol. The predicted molar refractivity (Wildman–Crippen MR) is 106 cm³/mol. The van der Waals surface area contributed by atoms with Gasteiger partial charge in [-0.05, 0) is 38.1 Å². The van der Waals surface area contributed by atoms with Gasteiger partial charge in [-0.3, -0.25) is 19.3 Å². The van der Waals surface area contributed by atoms with E-state index in [4.69, 9.17) is 4.74 Å². The van der Waals surface area contributed by atoms with Crippen molar-refractivity contribution in [1.29, 1.82) is 0 Å². The molecular weight excluding hydrogens is 356 g/mol. The van der Waals surface area contributed by atoms with Crippen LogP contribution in [0.1, 0.15) is 55.2 Å². The van der Waals surface area contributed by atoms with Crippen molar-refractivity contribution in [2.45, 2.75) is 19.9 Å². The molecule has 0 saturated heterocycles. The highest BCUT2D eigenvalue weighted by molar-refractivity contribution is 6.22. The van der Waals surface area contributed by atoms with Gasteiger partial charge >= 0.3 is 0 Å². The van der Waals surface area contributed by atoms with Gasteiger partial charge in [-0.2, -0.15) is 0 Å². The normalized spacial score (nSPS) is 13.9. The third kappa shape index (κ3) is 3.41. The molecule has 1 aliphatic heterocycles. The summed E-state index contributed by atoms with van der Waals surface area (Å²) in [5, 5.41) is 2.92. The van der Waals surface area contributed by atoms with Crippen LogP contribution in [0, 0.1) is 6.92 Å². The topological polar surface area (TPSA) is 75.7 Å². The van der Waals surface area contributed by atoms with Crippen LogP contribution >= 0.6 is 0 Å². The summed E-state index contributed by atoms with van der Waals surface area (Å²) in [7, 11) is 1.58. The van der Waals surface area contributed by atoms with Gasteiger partial charge in [0.15, 0.2) is 0 Å². The molecule has 0 aliphatic carbocycles. The number of hydrogen-bond acceptors (Lipinski definition) is 4. The number of hydrogen-bond donors (Lipinski definition) is 1. The lowest BCUT2D eigenvalue weighted by Crippen LogP contribution is -2.29. The number of benzene rings is 2. The Hall–Kier alpha value is -3.41. The molecule has 0 bridgehead atoms. The van der Waals surface area contributed by atoms with Crippen molar-refractivity contribution in [3.8, 4) is 5.75 Å². The van der Waals surface area contributed by atoms with Gasteiger partial charge in [0.1, 0.15) is 5.75 Å². The minimum absolute atomic E-state index is 0.137. The van der Waals surface area contributed by atoms with Crippen molar-refractivity contribution in [2.24, 2.45) is 0 Å². The van der Waals surface area contributed by atoms with Crippen LogP contribution in [0.4, 0.5) is 0 Å². The van der Waals surface area contributed by atoms with Gasteiger partial charge in [0, 0.05) is 17.7 Å². The number of carbonyl (C=O) groups excluding carboxylic acids is 3. The highest BCUT2D eigenvalue weighted by atomic mass is 16.5. The Morgan fingerprint density at radius 1 is 1.18 bits per heavy atom. The third-order valence-corrected chi connectivity index (χ3v) is 4.74. The standard InChI is InChI=1S/C22H22N2O4/c1-5-10-24-21(26)16-8-7-15(12-18(16)22(24)27)20(25)23-14(3)17-11-13(2)6-9-19(17)28-4/h5-9,11-12,14H,1,10H2,2-4H3,(H,23,25)/t14-/m0/s1. The first kappa shape index (κ1) is 19.4. The molecule has 1 atom stereocenters. The van der Waals surface area contributed by atoms with E-state index in [0.29, 0.717) is 16.9 Å². The number of nitrogens with one attached hydrogen (secondary N) is 1. The summed E-state index contributed by atoms with van der Waals surface area (Å²) in [5.74, 6) is -0.429. The minimum atomic E-state index is -0.414. The van der Waals surface area contributed by atoms with E-state index in [1.807, 2.05) is 32.0 Å². The highest BCUT2D eigenvalue weighted by Gasteiger charge is 2.35. The molecule has 0 unspecified atom stereocenters. The summed E-state index contributed by atoms with van der Waals surface area (Å²) in [6.45, 7) is 7.53. The molecule has 2 aromatic carbocycles. The number of amides is 3. The number of fused-ring (bicyclic) bond motifs is 1. The number of methoxy groups -OCH3 is 1. The number of imide groups is 1. The van der Waals surface area contributed by atoms with E-state index in [0.717, 1.165) is 16.0 Å². The molecule has 3 rings (SSSR count). The number of carbonyl (C=O) groups is 3. The first-order chi connectivity index (χ1) is 13.4. The zero-order valence-electron chi connectivity index (χ0n) is 16.1. The van der Waals surface area contributed by atoms with Gasteiger partial charge in [-0.15, -0.1) is 6.58 Å². The maximum Gasteiger partial charge on any atom is 0.261 e. The van der Waals surface area contributed by atoms with Gasteiger partial charge in [-0.1, -0.05) is 23.8 Å². The van der Waals surface area contributed by atoms with E-state index in [2.05, 4.69) is 11.9 Å². The van der Waals surface area contributed by atoms with Crippen molar-refractivity contribution in [3.05, 3.63) is 76.9 Å². The molecule has 3 amide bonds. The number of ether oxygens (including phenoxy) is 1. The average Bonchev–Trinajstić information content (AvgIpc) is 2.92. The summed E-state index contributed by atoms with van der Waals surface area (Å²) in [4.78, 5) is 38.6. The van der Waals surface area contributed by atoms with Crippen LogP contribution in [-0.2, 0) is 0 Å². The minimum Gasteiger partial charge on any atom is -0.496 e. The molecule has 0 fully saturated rings. The van der Waals surface area contributed by atoms with E-state index in [1.165, 1.54) is 18.2 Å². The largest absolute Gasteiger partial charge is 0.496 e. The van der Waals surface area contributed by atoms with Crippen molar-refractivity contribution >= 4 is 17.7 Å². The van der Waals surface area contributed by atoms with Crippen LogP contribution in [0.2, 0.25) is 0 Å². The number of aryl methyl sites for hydroxylation is 1. The summed E-state index contributed by atoms with van der Waals surface area (Å²) in [6, 6.07) is 10.00. The Morgan fingerprint density at radius 3 is 2.57 bits per heavy atom. The zero-order chi connectivity index (χ0) is 20.4. The van der Waals surface area contributed by atoms with Crippen molar-refractivity contribution in [2.75, 3.05) is 13.7 Å². The van der Waals surface area contributed by atoms with Crippen LogP contribution in [-0.4, -0.2) is 36.3 Å². The Kier molecular flexibility index (Phi) is 5.31. The second kappa shape index (κ2) is 7.68. The molecule has 6 heteroatoms.